The summed E-state index contributed by atoms with van der Waals surface area (Å²) in [4.78, 5) is 0. The predicted molar refractivity (Wildman–Crippen MR) is 60.7 cm³/mol. The molecule has 0 spiro atoms. The van der Waals surface area contributed by atoms with Gasteiger partial charge in [-0.3, -0.25) is 0 Å². The first kappa shape index (κ1) is 11.5. The van der Waals surface area contributed by atoms with Crippen molar-refractivity contribution in [2.75, 3.05) is 6.54 Å². The molecule has 1 saturated heterocycles. The summed E-state index contributed by atoms with van der Waals surface area (Å²) in [5.41, 5.74) is 0.842. The molecule has 1 atom stereocenters. The van der Waals surface area contributed by atoms with Crippen molar-refractivity contribution in [1.29, 1.82) is 0 Å². The summed E-state index contributed by atoms with van der Waals surface area (Å²) in [5.74, 6) is -2.71. The Hall–Kier alpha value is -0.960. The van der Waals surface area contributed by atoms with Gasteiger partial charge in [0.15, 0.2) is 0 Å². The highest BCUT2D eigenvalue weighted by atomic mass is 19.3. The molecule has 3 heteroatoms. The van der Waals surface area contributed by atoms with Crippen molar-refractivity contribution in [3.63, 3.8) is 0 Å². The molecule has 1 N–H and O–H groups in total. The Bertz CT molecular complexity index is 357. The third kappa shape index (κ3) is 2.40. The number of hydrogen-bond acceptors (Lipinski definition) is 1. The van der Waals surface area contributed by atoms with Crippen molar-refractivity contribution < 1.29 is 8.78 Å². The van der Waals surface area contributed by atoms with E-state index in [1.54, 1.807) is 25.1 Å². The molecular formula is C13H17F2N. The molecule has 1 aliphatic rings. The minimum absolute atomic E-state index is 0.0328. The van der Waals surface area contributed by atoms with Crippen LogP contribution in [0.2, 0.25) is 0 Å². The third-order valence-corrected chi connectivity index (χ3v) is 3.20. The average Bonchev–Trinajstić information content (AvgIpc) is 2.70. The number of benzene rings is 1. The highest BCUT2D eigenvalue weighted by molar-refractivity contribution is 5.29. The Labute approximate surface area is 94.9 Å². The molecule has 1 aliphatic heterocycles. The van der Waals surface area contributed by atoms with Gasteiger partial charge in [0.1, 0.15) is 0 Å². The van der Waals surface area contributed by atoms with E-state index in [0.29, 0.717) is 5.56 Å². The van der Waals surface area contributed by atoms with Crippen LogP contribution in [0.3, 0.4) is 0 Å². The topological polar surface area (TPSA) is 12.0 Å². The molecule has 0 bridgehead atoms. The van der Waals surface area contributed by atoms with Gasteiger partial charge in [0.2, 0.25) is 0 Å². The van der Waals surface area contributed by atoms with Crippen LogP contribution in [0.1, 0.15) is 30.4 Å². The number of aryl methyl sites for hydroxylation is 1. The molecule has 1 aromatic carbocycles. The quantitative estimate of drug-likeness (QED) is 0.832. The van der Waals surface area contributed by atoms with Gasteiger partial charge in [-0.25, -0.2) is 8.78 Å². The lowest BCUT2D eigenvalue weighted by Gasteiger charge is -2.22. The first-order valence-electron chi connectivity index (χ1n) is 5.77. The van der Waals surface area contributed by atoms with Gasteiger partial charge in [0, 0.05) is 18.0 Å². The second-order valence-corrected chi connectivity index (χ2v) is 4.52. The van der Waals surface area contributed by atoms with Crippen LogP contribution in [-0.4, -0.2) is 12.6 Å². The largest absolute Gasteiger partial charge is 0.314 e. The summed E-state index contributed by atoms with van der Waals surface area (Å²) in [6.07, 6.45) is 1.79. The van der Waals surface area contributed by atoms with Crippen LogP contribution >= 0.6 is 0 Å². The zero-order chi connectivity index (χ0) is 11.6. The summed E-state index contributed by atoms with van der Waals surface area (Å²) in [6, 6.07) is 6.71. The Balaban J connectivity index is 2.14. The first-order chi connectivity index (χ1) is 7.59. The van der Waals surface area contributed by atoms with Gasteiger partial charge >= 0.3 is 0 Å². The van der Waals surface area contributed by atoms with Crippen LogP contribution in [0.5, 0.6) is 0 Å². The smallest absolute Gasteiger partial charge is 0.275 e. The Morgan fingerprint density at radius 2 is 2.12 bits per heavy atom. The zero-order valence-electron chi connectivity index (χ0n) is 9.47. The highest BCUT2D eigenvalue weighted by Crippen LogP contribution is 2.36. The lowest BCUT2D eigenvalue weighted by atomic mass is 9.96. The minimum Gasteiger partial charge on any atom is -0.314 e. The monoisotopic (exact) mass is 225 g/mol. The summed E-state index contributed by atoms with van der Waals surface area (Å²) in [5, 5.41) is 3.12. The van der Waals surface area contributed by atoms with E-state index in [4.69, 9.17) is 0 Å². The number of alkyl halides is 2. The fraction of sp³-hybridized carbons (Fsp3) is 0.538. The van der Waals surface area contributed by atoms with E-state index in [2.05, 4.69) is 5.32 Å². The molecule has 0 aliphatic carbocycles. The Kier molecular flexibility index (Phi) is 3.24. The fourth-order valence-electron chi connectivity index (χ4n) is 2.33. The van der Waals surface area contributed by atoms with Crippen molar-refractivity contribution >= 4 is 0 Å². The van der Waals surface area contributed by atoms with E-state index in [0.717, 1.165) is 19.4 Å². The van der Waals surface area contributed by atoms with Crippen LogP contribution in [0.15, 0.2) is 24.3 Å². The molecule has 1 aromatic rings. The molecule has 2 rings (SSSR count). The second-order valence-electron chi connectivity index (χ2n) is 4.52. The normalized spacial score (nSPS) is 21.3. The third-order valence-electron chi connectivity index (χ3n) is 3.20. The molecule has 1 unspecified atom stereocenters. The molecule has 0 radical (unpaired) electrons. The number of nitrogens with one attached hydrogen (secondary N) is 1. The standard InChI is InChI=1S/C13H17F2N/c1-10-5-2-3-7-12(10)13(14,15)9-11-6-4-8-16-11/h2-3,5,7,11,16H,4,6,8-9H2,1H3. The maximum absolute atomic E-state index is 14.0. The maximum atomic E-state index is 14.0. The highest BCUT2D eigenvalue weighted by Gasteiger charge is 2.36. The van der Waals surface area contributed by atoms with Crippen LogP contribution in [0.4, 0.5) is 8.78 Å². The zero-order valence-corrected chi connectivity index (χ0v) is 9.47. The molecule has 1 heterocycles. The summed E-state index contributed by atoms with van der Waals surface area (Å²) in [6.45, 7) is 2.61. The summed E-state index contributed by atoms with van der Waals surface area (Å²) < 4.78 is 28.1. The number of rotatable bonds is 3. The number of hydrogen-bond donors (Lipinski definition) is 1. The van der Waals surface area contributed by atoms with E-state index in [1.165, 1.54) is 6.07 Å². The SMILES string of the molecule is Cc1ccccc1C(F)(F)CC1CCCN1. The van der Waals surface area contributed by atoms with Gasteiger partial charge in [-0.05, 0) is 31.9 Å². The van der Waals surface area contributed by atoms with Crippen LogP contribution in [0, 0.1) is 6.92 Å². The van der Waals surface area contributed by atoms with Crippen molar-refractivity contribution in [3.8, 4) is 0 Å². The predicted octanol–water partition coefficient (Wildman–Crippen LogP) is 3.23. The van der Waals surface area contributed by atoms with Gasteiger partial charge < -0.3 is 5.32 Å². The Morgan fingerprint density at radius 1 is 1.38 bits per heavy atom. The summed E-state index contributed by atoms with van der Waals surface area (Å²) in [7, 11) is 0. The average molecular weight is 225 g/mol. The van der Waals surface area contributed by atoms with Gasteiger partial charge in [0.25, 0.3) is 5.92 Å². The van der Waals surface area contributed by atoms with Gasteiger partial charge in [0.05, 0.1) is 0 Å². The molecule has 88 valence electrons. The minimum atomic E-state index is -2.71. The molecular weight excluding hydrogens is 208 g/mol. The molecule has 1 nitrogen and oxygen atoms in total. The molecule has 0 aromatic heterocycles. The van der Waals surface area contributed by atoms with E-state index in [9.17, 15) is 8.78 Å². The maximum Gasteiger partial charge on any atom is 0.275 e. The second kappa shape index (κ2) is 4.50. The van der Waals surface area contributed by atoms with E-state index in [-0.39, 0.29) is 18.0 Å². The van der Waals surface area contributed by atoms with Gasteiger partial charge in [-0.1, -0.05) is 24.3 Å². The molecule has 0 saturated carbocycles. The van der Waals surface area contributed by atoms with Gasteiger partial charge in [-0.15, -0.1) is 0 Å². The number of halogens is 2. The summed E-state index contributed by atoms with van der Waals surface area (Å²) >= 11 is 0. The molecule has 16 heavy (non-hydrogen) atoms. The molecule has 0 amide bonds. The van der Waals surface area contributed by atoms with Crippen molar-refractivity contribution in [2.24, 2.45) is 0 Å². The lowest BCUT2D eigenvalue weighted by Crippen LogP contribution is -2.29. The first-order valence-corrected chi connectivity index (χ1v) is 5.77. The van der Waals surface area contributed by atoms with Crippen LogP contribution in [-0.2, 0) is 5.92 Å². The van der Waals surface area contributed by atoms with Crippen LogP contribution < -0.4 is 5.32 Å². The molecule has 1 fully saturated rings. The van der Waals surface area contributed by atoms with E-state index in [1.807, 2.05) is 0 Å². The van der Waals surface area contributed by atoms with Crippen molar-refractivity contribution in [2.45, 2.75) is 38.2 Å². The van der Waals surface area contributed by atoms with E-state index >= 15 is 0 Å². The van der Waals surface area contributed by atoms with Crippen molar-refractivity contribution in [1.82, 2.24) is 5.32 Å². The van der Waals surface area contributed by atoms with Gasteiger partial charge in [-0.2, -0.15) is 0 Å². The van der Waals surface area contributed by atoms with Crippen molar-refractivity contribution in [3.05, 3.63) is 35.4 Å². The van der Waals surface area contributed by atoms with Crippen LogP contribution in [0.25, 0.3) is 0 Å². The van der Waals surface area contributed by atoms with E-state index < -0.39 is 5.92 Å². The lowest BCUT2D eigenvalue weighted by molar-refractivity contribution is -0.0218. The Morgan fingerprint density at radius 3 is 2.75 bits per heavy atom. The fourth-order valence-corrected chi connectivity index (χ4v) is 2.33.